The van der Waals surface area contributed by atoms with Crippen LogP contribution in [-0.2, 0) is 12.8 Å². The summed E-state index contributed by atoms with van der Waals surface area (Å²) in [5.41, 5.74) is 1.61. The third-order valence-electron chi connectivity index (χ3n) is 1.54. The van der Waals surface area contributed by atoms with Crippen molar-refractivity contribution in [2.75, 3.05) is 0 Å². The standard InChI is InChI=1S/C10H11ClN2/c1-3-5-8-7-12-9(6-4-2)10(11)13-8/h3-4,7H,1-2,5-6H2. The Balaban J connectivity index is 2.90. The van der Waals surface area contributed by atoms with Crippen LogP contribution in [0, 0.1) is 0 Å². The van der Waals surface area contributed by atoms with E-state index in [1.807, 2.05) is 0 Å². The molecule has 0 atom stereocenters. The van der Waals surface area contributed by atoms with Gasteiger partial charge in [-0.1, -0.05) is 23.8 Å². The van der Waals surface area contributed by atoms with Gasteiger partial charge in [0, 0.05) is 19.0 Å². The van der Waals surface area contributed by atoms with Crippen molar-refractivity contribution in [1.82, 2.24) is 9.97 Å². The molecule has 0 saturated heterocycles. The molecule has 0 aliphatic rings. The van der Waals surface area contributed by atoms with Crippen LogP contribution in [-0.4, -0.2) is 9.97 Å². The van der Waals surface area contributed by atoms with Crippen LogP contribution in [0.1, 0.15) is 11.4 Å². The van der Waals surface area contributed by atoms with Gasteiger partial charge >= 0.3 is 0 Å². The molecule has 0 N–H and O–H groups in total. The fraction of sp³-hybridized carbons (Fsp3) is 0.200. The lowest BCUT2D eigenvalue weighted by atomic mass is 10.3. The van der Waals surface area contributed by atoms with Gasteiger partial charge in [0.25, 0.3) is 0 Å². The van der Waals surface area contributed by atoms with Gasteiger partial charge < -0.3 is 0 Å². The molecule has 0 aliphatic carbocycles. The number of nitrogens with zero attached hydrogens (tertiary/aromatic N) is 2. The smallest absolute Gasteiger partial charge is 0.151 e. The van der Waals surface area contributed by atoms with Gasteiger partial charge in [0.05, 0.1) is 11.4 Å². The summed E-state index contributed by atoms with van der Waals surface area (Å²) in [6.45, 7) is 7.23. The van der Waals surface area contributed by atoms with Crippen molar-refractivity contribution in [3.8, 4) is 0 Å². The van der Waals surface area contributed by atoms with Gasteiger partial charge in [0.15, 0.2) is 5.15 Å². The fourth-order valence-electron chi connectivity index (χ4n) is 0.945. The Hall–Kier alpha value is -1.15. The Morgan fingerprint density at radius 1 is 1.31 bits per heavy atom. The zero-order chi connectivity index (χ0) is 9.68. The zero-order valence-corrected chi connectivity index (χ0v) is 8.09. The molecule has 0 radical (unpaired) electrons. The molecular formula is C10H11ClN2. The van der Waals surface area contributed by atoms with E-state index in [9.17, 15) is 0 Å². The molecule has 0 aliphatic heterocycles. The van der Waals surface area contributed by atoms with E-state index in [-0.39, 0.29) is 0 Å². The van der Waals surface area contributed by atoms with Crippen molar-refractivity contribution in [2.45, 2.75) is 12.8 Å². The van der Waals surface area contributed by atoms with Crippen LogP contribution in [0.2, 0.25) is 5.15 Å². The number of allylic oxidation sites excluding steroid dienone is 2. The zero-order valence-electron chi connectivity index (χ0n) is 7.33. The van der Waals surface area contributed by atoms with Crippen LogP contribution < -0.4 is 0 Å². The molecule has 1 heterocycles. The van der Waals surface area contributed by atoms with Gasteiger partial charge in [0.2, 0.25) is 0 Å². The summed E-state index contributed by atoms with van der Waals surface area (Å²) < 4.78 is 0. The fourth-order valence-corrected chi connectivity index (χ4v) is 1.18. The van der Waals surface area contributed by atoms with Crippen molar-refractivity contribution in [1.29, 1.82) is 0 Å². The van der Waals surface area contributed by atoms with Crippen molar-refractivity contribution < 1.29 is 0 Å². The monoisotopic (exact) mass is 194 g/mol. The summed E-state index contributed by atoms with van der Waals surface area (Å²) in [7, 11) is 0. The number of aromatic nitrogens is 2. The number of rotatable bonds is 4. The molecule has 1 aromatic rings. The molecule has 0 amide bonds. The molecule has 3 heteroatoms. The first kappa shape index (κ1) is 9.93. The van der Waals surface area contributed by atoms with E-state index >= 15 is 0 Å². The van der Waals surface area contributed by atoms with E-state index in [4.69, 9.17) is 11.6 Å². The van der Waals surface area contributed by atoms with E-state index in [1.54, 1.807) is 18.3 Å². The van der Waals surface area contributed by atoms with Gasteiger partial charge in [-0.05, 0) is 0 Å². The highest BCUT2D eigenvalue weighted by atomic mass is 35.5. The van der Waals surface area contributed by atoms with E-state index in [0.29, 0.717) is 18.0 Å². The molecular weight excluding hydrogens is 184 g/mol. The lowest BCUT2D eigenvalue weighted by Gasteiger charge is -2.01. The molecule has 0 saturated carbocycles. The summed E-state index contributed by atoms with van der Waals surface area (Å²) in [5.74, 6) is 0. The first-order valence-electron chi connectivity index (χ1n) is 4.00. The summed E-state index contributed by atoms with van der Waals surface area (Å²) in [6, 6.07) is 0. The average molecular weight is 195 g/mol. The Morgan fingerprint density at radius 3 is 2.54 bits per heavy atom. The predicted octanol–water partition coefficient (Wildman–Crippen LogP) is 2.59. The Kier molecular flexibility index (Phi) is 3.65. The Bertz CT molecular complexity index is 321. The number of hydrogen-bond acceptors (Lipinski definition) is 2. The van der Waals surface area contributed by atoms with Crippen LogP contribution >= 0.6 is 11.6 Å². The maximum atomic E-state index is 5.89. The summed E-state index contributed by atoms with van der Waals surface area (Å²) in [5, 5.41) is 0.458. The van der Waals surface area contributed by atoms with Gasteiger partial charge in [-0.25, -0.2) is 4.98 Å². The molecule has 0 fully saturated rings. The molecule has 1 rings (SSSR count). The van der Waals surface area contributed by atoms with Crippen molar-refractivity contribution in [2.24, 2.45) is 0 Å². The first-order valence-corrected chi connectivity index (χ1v) is 4.37. The Morgan fingerprint density at radius 2 is 2.00 bits per heavy atom. The SMILES string of the molecule is C=CCc1cnc(CC=C)c(Cl)n1. The minimum Gasteiger partial charge on any atom is -0.256 e. The van der Waals surface area contributed by atoms with E-state index in [2.05, 4.69) is 23.1 Å². The summed E-state index contributed by atoms with van der Waals surface area (Å²) in [4.78, 5) is 8.34. The van der Waals surface area contributed by atoms with Crippen LogP contribution in [0.4, 0.5) is 0 Å². The molecule has 13 heavy (non-hydrogen) atoms. The quantitative estimate of drug-likeness (QED) is 0.689. The van der Waals surface area contributed by atoms with Gasteiger partial charge in [-0.3, -0.25) is 4.98 Å². The average Bonchev–Trinajstić information content (AvgIpc) is 2.10. The predicted molar refractivity (Wildman–Crippen MR) is 54.8 cm³/mol. The third kappa shape index (κ3) is 2.67. The molecule has 0 unspecified atom stereocenters. The second kappa shape index (κ2) is 4.77. The molecule has 0 bridgehead atoms. The second-order valence-electron chi connectivity index (χ2n) is 2.58. The van der Waals surface area contributed by atoms with E-state index in [0.717, 1.165) is 11.4 Å². The molecule has 68 valence electrons. The van der Waals surface area contributed by atoms with Crippen LogP contribution in [0.5, 0.6) is 0 Å². The summed E-state index contributed by atoms with van der Waals surface area (Å²) in [6.07, 6.45) is 6.59. The van der Waals surface area contributed by atoms with Crippen LogP contribution in [0.25, 0.3) is 0 Å². The number of hydrogen-bond donors (Lipinski definition) is 0. The highest BCUT2D eigenvalue weighted by Gasteiger charge is 2.02. The van der Waals surface area contributed by atoms with E-state index in [1.165, 1.54) is 0 Å². The van der Waals surface area contributed by atoms with Crippen molar-refractivity contribution >= 4 is 11.6 Å². The van der Waals surface area contributed by atoms with E-state index < -0.39 is 0 Å². The Labute approximate surface area is 83.0 Å². The summed E-state index contributed by atoms with van der Waals surface area (Å²) >= 11 is 5.89. The lowest BCUT2D eigenvalue weighted by Crippen LogP contribution is -1.96. The highest BCUT2D eigenvalue weighted by Crippen LogP contribution is 2.11. The van der Waals surface area contributed by atoms with Crippen LogP contribution in [0.15, 0.2) is 31.5 Å². The first-order chi connectivity index (χ1) is 6.27. The van der Waals surface area contributed by atoms with Crippen molar-refractivity contribution in [3.63, 3.8) is 0 Å². The van der Waals surface area contributed by atoms with Crippen molar-refractivity contribution in [3.05, 3.63) is 48.0 Å². The molecule has 0 aromatic carbocycles. The minimum absolute atomic E-state index is 0.458. The third-order valence-corrected chi connectivity index (χ3v) is 1.84. The minimum atomic E-state index is 0.458. The van der Waals surface area contributed by atoms with Gasteiger partial charge in [-0.2, -0.15) is 0 Å². The number of halogens is 1. The van der Waals surface area contributed by atoms with Gasteiger partial charge in [-0.15, -0.1) is 13.2 Å². The topological polar surface area (TPSA) is 25.8 Å². The van der Waals surface area contributed by atoms with Gasteiger partial charge in [0.1, 0.15) is 0 Å². The maximum absolute atomic E-state index is 5.89. The normalized spacial score (nSPS) is 9.62. The largest absolute Gasteiger partial charge is 0.256 e. The van der Waals surface area contributed by atoms with Crippen LogP contribution in [0.3, 0.4) is 0 Å². The maximum Gasteiger partial charge on any atom is 0.151 e. The second-order valence-corrected chi connectivity index (χ2v) is 2.94. The highest BCUT2D eigenvalue weighted by molar-refractivity contribution is 6.30. The lowest BCUT2D eigenvalue weighted by molar-refractivity contribution is 0.992. The molecule has 2 nitrogen and oxygen atoms in total. The molecule has 0 spiro atoms. The molecule has 1 aromatic heterocycles.